The van der Waals surface area contributed by atoms with Crippen LogP contribution in [0.25, 0.3) is 6.08 Å². The van der Waals surface area contributed by atoms with Gasteiger partial charge in [0.15, 0.2) is 0 Å². The summed E-state index contributed by atoms with van der Waals surface area (Å²) in [4.78, 5) is 14.2. The predicted octanol–water partition coefficient (Wildman–Crippen LogP) is 4.07. The zero-order valence-corrected chi connectivity index (χ0v) is 13.2. The standard InChI is InChI=1S/C19H21NO2/c1-4-20(17-9-5-7-15(2)13-17)19(21)12-11-16-8-6-10-18(14-16)22-3/h5-14H,4H2,1-3H3/b12-11+. The van der Waals surface area contributed by atoms with Crippen LogP contribution in [0, 0.1) is 6.92 Å². The minimum Gasteiger partial charge on any atom is -0.497 e. The summed E-state index contributed by atoms with van der Waals surface area (Å²) >= 11 is 0. The molecule has 0 atom stereocenters. The lowest BCUT2D eigenvalue weighted by molar-refractivity contribution is -0.114. The summed E-state index contributed by atoms with van der Waals surface area (Å²) in [5.41, 5.74) is 3.00. The van der Waals surface area contributed by atoms with Crippen molar-refractivity contribution >= 4 is 17.7 Å². The van der Waals surface area contributed by atoms with E-state index in [4.69, 9.17) is 4.74 Å². The van der Waals surface area contributed by atoms with E-state index in [0.717, 1.165) is 22.6 Å². The van der Waals surface area contributed by atoms with Crippen molar-refractivity contribution in [1.29, 1.82) is 0 Å². The Morgan fingerprint density at radius 3 is 2.64 bits per heavy atom. The summed E-state index contributed by atoms with van der Waals surface area (Å²) in [5.74, 6) is 0.747. The van der Waals surface area contributed by atoms with E-state index in [1.165, 1.54) is 0 Å². The average molecular weight is 295 g/mol. The first-order valence-corrected chi connectivity index (χ1v) is 7.34. The van der Waals surface area contributed by atoms with E-state index in [1.54, 1.807) is 18.1 Å². The molecule has 0 unspecified atom stereocenters. The molecule has 0 aromatic heterocycles. The molecule has 22 heavy (non-hydrogen) atoms. The first-order chi connectivity index (χ1) is 10.6. The van der Waals surface area contributed by atoms with Crippen LogP contribution < -0.4 is 9.64 Å². The maximum absolute atomic E-state index is 12.4. The van der Waals surface area contributed by atoms with Crippen LogP contribution in [0.4, 0.5) is 5.69 Å². The van der Waals surface area contributed by atoms with Crippen LogP contribution in [-0.2, 0) is 4.79 Å². The number of likely N-dealkylation sites (N-methyl/N-ethyl adjacent to an activating group) is 1. The molecule has 0 N–H and O–H groups in total. The van der Waals surface area contributed by atoms with Crippen molar-refractivity contribution in [2.45, 2.75) is 13.8 Å². The number of anilines is 1. The second kappa shape index (κ2) is 7.46. The fourth-order valence-corrected chi connectivity index (χ4v) is 2.26. The Labute approximate surface area is 131 Å². The molecule has 0 saturated heterocycles. The Morgan fingerprint density at radius 2 is 1.95 bits per heavy atom. The third-order valence-corrected chi connectivity index (χ3v) is 3.41. The monoisotopic (exact) mass is 295 g/mol. The number of rotatable bonds is 5. The minimum atomic E-state index is -0.0316. The van der Waals surface area contributed by atoms with E-state index in [0.29, 0.717) is 6.54 Å². The number of ether oxygens (including phenoxy) is 1. The minimum absolute atomic E-state index is 0.0316. The molecule has 0 aliphatic heterocycles. The number of carbonyl (C=O) groups is 1. The maximum Gasteiger partial charge on any atom is 0.250 e. The zero-order valence-electron chi connectivity index (χ0n) is 13.2. The SMILES string of the molecule is CCN(C(=O)/C=C/c1cccc(OC)c1)c1cccc(C)c1. The third-order valence-electron chi connectivity index (χ3n) is 3.41. The number of methoxy groups -OCH3 is 1. The number of nitrogens with zero attached hydrogens (tertiary/aromatic N) is 1. The number of carbonyl (C=O) groups excluding carboxylic acids is 1. The zero-order chi connectivity index (χ0) is 15.9. The van der Waals surface area contributed by atoms with Gasteiger partial charge in [-0.3, -0.25) is 4.79 Å². The predicted molar refractivity (Wildman–Crippen MR) is 91.2 cm³/mol. The molecule has 2 aromatic rings. The molecule has 1 amide bonds. The summed E-state index contributed by atoms with van der Waals surface area (Å²) in [6.07, 6.45) is 3.41. The quantitative estimate of drug-likeness (QED) is 0.778. The van der Waals surface area contributed by atoms with Gasteiger partial charge in [0.05, 0.1) is 7.11 Å². The third kappa shape index (κ3) is 3.98. The van der Waals surface area contributed by atoms with Crippen LogP contribution in [0.2, 0.25) is 0 Å². The van der Waals surface area contributed by atoms with Gasteiger partial charge < -0.3 is 9.64 Å². The number of hydrogen-bond donors (Lipinski definition) is 0. The molecule has 0 aliphatic rings. The van der Waals surface area contributed by atoms with Gasteiger partial charge >= 0.3 is 0 Å². The molecule has 0 radical (unpaired) electrons. The number of aryl methyl sites for hydroxylation is 1. The maximum atomic E-state index is 12.4. The van der Waals surface area contributed by atoms with Crippen molar-refractivity contribution in [2.75, 3.05) is 18.6 Å². The molecule has 0 saturated carbocycles. The summed E-state index contributed by atoms with van der Waals surface area (Å²) < 4.78 is 5.18. The Hall–Kier alpha value is -2.55. The second-order valence-electron chi connectivity index (χ2n) is 5.03. The summed E-state index contributed by atoms with van der Waals surface area (Å²) in [6, 6.07) is 15.6. The molecular weight excluding hydrogens is 274 g/mol. The topological polar surface area (TPSA) is 29.5 Å². The normalized spacial score (nSPS) is 10.7. The number of benzene rings is 2. The molecule has 0 heterocycles. The van der Waals surface area contributed by atoms with E-state index in [9.17, 15) is 4.79 Å². The van der Waals surface area contributed by atoms with Crippen molar-refractivity contribution in [3.63, 3.8) is 0 Å². The highest BCUT2D eigenvalue weighted by molar-refractivity contribution is 6.03. The van der Waals surface area contributed by atoms with Gasteiger partial charge in [-0.25, -0.2) is 0 Å². The number of hydrogen-bond acceptors (Lipinski definition) is 2. The van der Waals surface area contributed by atoms with Crippen molar-refractivity contribution in [3.8, 4) is 5.75 Å². The van der Waals surface area contributed by atoms with Gasteiger partial charge in [-0.2, -0.15) is 0 Å². The number of amides is 1. The van der Waals surface area contributed by atoms with Gasteiger partial charge in [-0.1, -0.05) is 24.3 Å². The van der Waals surface area contributed by atoms with Crippen molar-refractivity contribution < 1.29 is 9.53 Å². The van der Waals surface area contributed by atoms with Crippen LogP contribution in [0.3, 0.4) is 0 Å². The van der Waals surface area contributed by atoms with Crippen LogP contribution in [0.1, 0.15) is 18.1 Å². The van der Waals surface area contributed by atoms with Crippen molar-refractivity contribution in [2.24, 2.45) is 0 Å². The summed E-state index contributed by atoms with van der Waals surface area (Å²) in [6.45, 7) is 4.62. The van der Waals surface area contributed by atoms with E-state index >= 15 is 0 Å². The molecular formula is C19H21NO2. The van der Waals surface area contributed by atoms with Gasteiger partial charge in [-0.05, 0) is 55.3 Å². The lowest BCUT2D eigenvalue weighted by Gasteiger charge is -2.19. The smallest absolute Gasteiger partial charge is 0.250 e. The van der Waals surface area contributed by atoms with Gasteiger partial charge in [-0.15, -0.1) is 0 Å². The van der Waals surface area contributed by atoms with E-state index < -0.39 is 0 Å². The van der Waals surface area contributed by atoms with Gasteiger partial charge in [0, 0.05) is 18.3 Å². The van der Waals surface area contributed by atoms with Gasteiger partial charge in [0.1, 0.15) is 5.75 Å². The highest BCUT2D eigenvalue weighted by Crippen LogP contribution is 2.17. The molecule has 114 valence electrons. The first-order valence-electron chi connectivity index (χ1n) is 7.34. The van der Waals surface area contributed by atoms with Crippen molar-refractivity contribution in [1.82, 2.24) is 0 Å². The summed E-state index contributed by atoms with van der Waals surface area (Å²) in [5, 5.41) is 0. The molecule has 3 heteroatoms. The lowest BCUT2D eigenvalue weighted by Crippen LogP contribution is -2.28. The fraction of sp³-hybridized carbons (Fsp3) is 0.211. The Morgan fingerprint density at radius 1 is 1.18 bits per heavy atom. The molecule has 0 spiro atoms. The van der Waals surface area contributed by atoms with Crippen LogP contribution in [0.15, 0.2) is 54.6 Å². The van der Waals surface area contributed by atoms with Crippen LogP contribution in [-0.4, -0.2) is 19.6 Å². The average Bonchev–Trinajstić information content (AvgIpc) is 2.54. The molecule has 0 bridgehead atoms. The Balaban J connectivity index is 2.16. The van der Waals surface area contributed by atoms with Crippen LogP contribution in [0.5, 0.6) is 5.75 Å². The Kier molecular flexibility index (Phi) is 5.37. The molecule has 2 rings (SSSR count). The molecule has 2 aromatic carbocycles. The van der Waals surface area contributed by atoms with Gasteiger partial charge in [0.2, 0.25) is 0 Å². The Bertz CT molecular complexity index is 677. The van der Waals surface area contributed by atoms with E-state index in [2.05, 4.69) is 0 Å². The first kappa shape index (κ1) is 15.8. The van der Waals surface area contributed by atoms with Crippen LogP contribution >= 0.6 is 0 Å². The van der Waals surface area contributed by atoms with Crippen molar-refractivity contribution in [3.05, 3.63) is 65.7 Å². The highest BCUT2D eigenvalue weighted by Gasteiger charge is 2.10. The van der Waals surface area contributed by atoms with E-state index in [-0.39, 0.29) is 5.91 Å². The largest absolute Gasteiger partial charge is 0.497 e. The highest BCUT2D eigenvalue weighted by atomic mass is 16.5. The molecule has 3 nitrogen and oxygen atoms in total. The molecule has 0 aliphatic carbocycles. The van der Waals surface area contributed by atoms with E-state index in [1.807, 2.05) is 68.5 Å². The fourth-order valence-electron chi connectivity index (χ4n) is 2.26. The van der Waals surface area contributed by atoms with Gasteiger partial charge in [0.25, 0.3) is 5.91 Å². The lowest BCUT2D eigenvalue weighted by atomic mass is 10.2. The second-order valence-corrected chi connectivity index (χ2v) is 5.03. The molecule has 0 fully saturated rings. The summed E-state index contributed by atoms with van der Waals surface area (Å²) in [7, 11) is 1.63.